The van der Waals surface area contributed by atoms with Crippen molar-refractivity contribution in [3.63, 3.8) is 0 Å². The molecular weight excluding hydrogens is 509 g/mol. The van der Waals surface area contributed by atoms with Crippen LogP contribution in [0.25, 0.3) is 16.7 Å². The summed E-state index contributed by atoms with van der Waals surface area (Å²) in [5.74, 6) is 1.67. The lowest BCUT2D eigenvalue weighted by atomic mass is 9.91. The highest BCUT2D eigenvalue weighted by Crippen LogP contribution is 2.37. The van der Waals surface area contributed by atoms with Gasteiger partial charge in [-0.25, -0.2) is 13.9 Å². The average Bonchev–Trinajstić information content (AvgIpc) is 3.62. The van der Waals surface area contributed by atoms with E-state index in [1.807, 2.05) is 11.6 Å². The topological polar surface area (TPSA) is 90.3 Å². The van der Waals surface area contributed by atoms with E-state index in [1.54, 1.807) is 6.07 Å². The van der Waals surface area contributed by atoms with Crippen LogP contribution in [-0.4, -0.2) is 59.0 Å². The highest BCUT2D eigenvalue weighted by Gasteiger charge is 2.29. The van der Waals surface area contributed by atoms with Gasteiger partial charge in [-0.05, 0) is 32.1 Å². The second-order valence-corrected chi connectivity index (χ2v) is 11.2. The average molecular weight is 538 g/mol. The molecule has 1 atom stereocenters. The Bertz CT molecular complexity index is 1660. The van der Waals surface area contributed by atoms with E-state index in [0.717, 1.165) is 19.5 Å². The van der Waals surface area contributed by atoms with Crippen LogP contribution < -0.4 is 10.1 Å². The molecule has 1 aliphatic heterocycles. The standard InChI is InChI=1S/C26H29ClFN9O/c1-26(2,3)20-10-21(33-37(20)16-8-9-34(4)14-16)31-25-32-24-23(35(25)5)22(27)19(11-29-24)38-18-12-30-36-13-15(28)6-7-17(18)36/h6-7,10-13,16H,8-9,14H2,1-5H3,(H,29,31,32,33). The Hall–Kier alpha value is -3.70. The molecule has 0 radical (unpaired) electrons. The minimum Gasteiger partial charge on any atom is -0.450 e. The number of aryl methyl sites for hydroxylation is 1. The number of likely N-dealkylation sites (N-methyl/N-ethyl adjacent to an activating group) is 1. The summed E-state index contributed by atoms with van der Waals surface area (Å²) in [5.41, 5.74) is 2.79. The number of imidazole rings is 1. The lowest BCUT2D eigenvalue weighted by Crippen LogP contribution is -2.24. The van der Waals surface area contributed by atoms with Gasteiger partial charge in [0.2, 0.25) is 5.95 Å². The van der Waals surface area contributed by atoms with Crippen molar-refractivity contribution in [2.45, 2.75) is 38.6 Å². The number of nitrogens with zero attached hydrogens (tertiary/aromatic N) is 8. The fourth-order valence-corrected chi connectivity index (χ4v) is 5.25. The van der Waals surface area contributed by atoms with Gasteiger partial charge in [0.1, 0.15) is 21.9 Å². The summed E-state index contributed by atoms with van der Waals surface area (Å²) in [6.45, 7) is 8.62. The molecule has 198 valence electrons. The van der Waals surface area contributed by atoms with Gasteiger partial charge in [-0.3, -0.25) is 4.68 Å². The number of halogens is 2. The highest BCUT2D eigenvalue weighted by molar-refractivity contribution is 6.36. The van der Waals surface area contributed by atoms with E-state index in [1.165, 1.54) is 34.9 Å². The molecule has 1 N–H and O–H groups in total. The molecule has 1 fully saturated rings. The number of hydrogen-bond acceptors (Lipinski definition) is 7. The fourth-order valence-electron chi connectivity index (χ4n) is 4.95. The largest absolute Gasteiger partial charge is 0.450 e. The normalized spacial score (nSPS) is 16.7. The number of likely N-dealkylation sites (tertiary alicyclic amines) is 1. The third-order valence-electron chi connectivity index (χ3n) is 6.93. The van der Waals surface area contributed by atoms with Crippen molar-refractivity contribution in [1.29, 1.82) is 0 Å². The lowest BCUT2D eigenvalue weighted by molar-refractivity contribution is 0.366. The SMILES string of the molecule is CN1CCC(n2nc(Nc3nc4ncc(Oc5cnn6cc(F)ccc56)c(Cl)c4n3C)cc2C(C)(C)C)C1. The molecule has 12 heteroatoms. The summed E-state index contributed by atoms with van der Waals surface area (Å²) in [7, 11) is 4.00. The van der Waals surface area contributed by atoms with Crippen molar-refractivity contribution in [3.8, 4) is 11.5 Å². The first kappa shape index (κ1) is 24.6. The van der Waals surface area contributed by atoms with Gasteiger partial charge < -0.3 is 19.5 Å². The monoisotopic (exact) mass is 537 g/mol. The summed E-state index contributed by atoms with van der Waals surface area (Å²) in [6, 6.07) is 5.37. The second kappa shape index (κ2) is 8.95. The molecule has 0 aromatic carbocycles. The van der Waals surface area contributed by atoms with Gasteiger partial charge in [-0.2, -0.15) is 15.2 Å². The molecular formula is C26H29ClFN9O. The Balaban J connectivity index is 1.33. The molecule has 1 saturated heterocycles. The predicted molar refractivity (Wildman–Crippen MR) is 144 cm³/mol. The zero-order valence-corrected chi connectivity index (χ0v) is 22.7. The molecule has 38 heavy (non-hydrogen) atoms. The maximum Gasteiger partial charge on any atom is 0.210 e. The van der Waals surface area contributed by atoms with Crippen LogP contribution in [0.4, 0.5) is 16.2 Å². The number of aromatic nitrogens is 7. The number of rotatable bonds is 5. The van der Waals surface area contributed by atoms with Gasteiger partial charge in [0.25, 0.3) is 0 Å². The summed E-state index contributed by atoms with van der Waals surface area (Å²) in [4.78, 5) is 11.5. The van der Waals surface area contributed by atoms with E-state index in [2.05, 4.69) is 63.9 Å². The van der Waals surface area contributed by atoms with Crippen molar-refractivity contribution in [2.75, 3.05) is 25.5 Å². The second-order valence-electron chi connectivity index (χ2n) is 10.8. The quantitative estimate of drug-likeness (QED) is 0.325. The molecule has 5 aromatic rings. The molecule has 0 spiro atoms. The van der Waals surface area contributed by atoms with Crippen molar-refractivity contribution >= 4 is 40.0 Å². The first-order chi connectivity index (χ1) is 18.1. The van der Waals surface area contributed by atoms with Crippen molar-refractivity contribution in [2.24, 2.45) is 7.05 Å². The van der Waals surface area contributed by atoms with E-state index < -0.39 is 5.82 Å². The van der Waals surface area contributed by atoms with Crippen LogP contribution in [0.1, 0.15) is 38.9 Å². The Kier molecular flexibility index (Phi) is 5.80. The molecule has 0 bridgehead atoms. The van der Waals surface area contributed by atoms with Gasteiger partial charge in [0.15, 0.2) is 23.0 Å². The number of ether oxygens (including phenoxy) is 1. The molecule has 0 saturated carbocycles. The van der Waals surface area contributed by atoms with E-state index in [4.69, 9.17) is 21.4 Å². The van der Waals surface area contributed by atoms with Crippen LogP contribution in [0.5, 0.6) is 11.5 Å². The van der Waals surface area contributed by atoms with E-state index >= 15 is 0 Å². The molecule has 1 aliphatic rings. The number of anilines is 2. The lowest BCUT2D eigenvalue weighted by Gasteiger charge is -2.23. The Morgan fingerprint density at radius 2 is 1.97 bits per heavy atom. The summed E-state index contributed by atoms with van der Waals surface area (Å²) < 4.78 is 25.0. The fraction of sp³-hybridized carbons (Fsp3) is 0.385. The first-order valence-electron chi connectivity index (χ1n) is 12.5. The van der Waals surface area contributed by atoms with Crippen molar-refractivity contribution in [3.05, 3.63) is 53.3 Å². The van der Waals surface area contributed by atoms with Gasteiger partial charge in [-0.15, -0.1) is 0 Å². The van der Waals surface area contributed by atoms with Gasteiger partial charge in [0.05, 0.1) is 24.6 Å². The van der Waals surface area contributed by atoms with Crippen LogP contribution in [0, 0.1) is 5.82 Å². The molecule has 0 aliphatic carbocycles. The van der Waals surface area contributed by atoms with Crippen LogP contribution in [0.15, 0.2) is 36.8 Å². The Labute approximate surface area is 224 Å². The zero-order valence-electron chi connectivity index (χ0n) is 21.9. The van der Waals surface area contributed by atoms with Gasteiger partial charge >= 0.3 is 0 Å². The van der Waals surface area contributed by atoms with Crippen LogP contribution in [-0.2, 0) is 12.5 Å². The molecule has 0 amide bonds. The van der Waals surface area contributed by atoms with Crippen LogP contribution >= 0.6 is 11.6 Å². The number of nitrogens with one attached hydrogen (secondary N) is 1. The highest BCUT2D eigenvalue weighted by atomic mass is 35.5. The third kappa shape index (κ3) is 4.25. The van der Waals surface area contributed by atoms with E-state index in [0.29, 0.717) is 51.0 Å². The molecule has 1 unspecified atom stereocenters. The molecule has 6 rings (SSSR count). The number of fused-ring (bicyclic) bond motifs is 2. The zero-order chi connectivity index (χ0) is 26.8. The van der Waals surface area contributed by atoms with Gasteiger partial charge in [0, 0.05) is 30.8 Å². The van der Waals surface area contributed by atoms with Crippen molar-refractivity contribution in [1.82, 2.24) is 38.8 Å². The first-order valence-corrected chi connectivity index (χ1v) is 12.8. The summed E-state index contributed by atoms with van der Waals surface area (Å²) >= 11 is 6.78. The minimum absolute atomic E-state index is 0.0680. The van der Waals surface area contributed by atoms with Crippen LogP contribution in [0.2, 0.25) is 5.02 Å². The maximum atomic E-state index is 13.5. The van der Waals surface area contributed by atoms with Crippen LogP contribution in [0.3, 0.4) is 0 Å². The molecule has 5 aromatic heterocycles. The Morgan fingerprint density at radius 1 is 1.16 bits per heavy atom. The predicted octanol–water partition coefficient (Wildman–Crippen LogP) is 5.32. The molecule has 10 nitrogen and oxygen atoms in total. The number of hydrogen-bond donors (Lipinski definition) is 1. The van der Waals surface area contributed by atoms with E-state index in [-0.39, 0.29) is 5.41 Å². The van der Waals surface area contributed by atoms with Gasteiger partial charge in [-0.1, -0.05) is 32.4 Å². The summed E-state index contributed by atoms with van der Waals surface area (Å²) in [6.07, 6.45) is 5.38. The van der Waals surface area contributed by atoms with E-state index in [9.17, 15) is 4.39 Å². The Morgan fingerprint density at radius 3 is 2.71 bits per heavy atom. The maximum absolute atomic E-state index is 13.5. The molecule has 6 heterocycles. The van der Waals surface area contributed by atoms with Crippen molar-refractivity contribution < 1.29 is 9.13 Å². The smallest absolute Gasteiger partial charge is 0.210 e. The summed E-state index contributed by atoms with van der Waals surface area (Å²) in [5, 5.41) is 12.8. The minimum atomic E-state index is -0.391. The number of pyridine rings is 2. The third-order valence-corrected chi connectivity index (χ3v) is 7.29.